The van der Waals surface area contributed by atoms with E-state index in [0.717, 1.165) is 18.6 Å². The summed E-state index contributed by atoms with van der Waals surface area (Å²) in [7, 11) is 1.33. The normalized spacial score (nSPS) is 26.5. The standard InChI is InChI=1S/C22H26F3N3O5/c1-32-20(31)14-5-2-4-13(8-14)19(30)28-9-17(21(10-28)11-33-12-21)27-18(29)15-6-3-7-16(26-15)22(23,24)25/h3,6-7,13-14,17H,2,4-5,8-12H2,1H3,(H,27,29)/t13-,14+,17-/m1/s1. The van der Waals surface area contributed by atoms with Gasteiger partial charge in [-0.1, -0.05) is 12.5 Å². The second-order valence-corrected chi connectivity index (χ2v) is 9.09. The van der Waals surface area contributed by atoms with Crippen molar-refractivity contribution in [1.82, 2.24) is 15.2 Å². The Morgan fingerprint density at radius 1 is 1.21 bits per heavy atom. The highest BCUT2D eigenvalue weighted by Crippen LogP contribution is 2.40. The Labute approximate surface area is 188 Å². The van der Waals surface area contributed by atoms with E-state index in [2.05, 4.69) is 10.3 Å². The molecule has 3 fully saturated rings. The monoisotopic (exact) mass is 469 g/mol. The van der Waals surface area contributed by atoms with E-state index < -0.39 is 29.2 Å². The number of nitrogens with one attached hydrogen (secondary N) is 1. The number of amides is 2. The van der Waals surface area contributed by atoms with Crippen molar-refractivity contribution in [3.05, 3.63) is 29.6 Å². The van der Waals surface area contributed by atoms with Crippen LogP contribution in [0.1, 0.15) is 41.9 Å². The van der Waals surface area contributed by atoms with Gasteiger partial charge in [0.2, 0.25) is 5.91 Å². The highest BCUT2D eigenvalue weighted by atomic mass is 19.4. The highest BCUT2D eigenvalue weighted by molar-refractivity contribution is 5.92. The first-order chi connectivity index (χ1) is 15.6. The van der Waals surface area contributed by atoms with Crippen molar-refractivity contribution in [1.29, 1.82) is 0 Å². The van der Waals surface area contributed by atoms with Gasteiger partial charge in [0, 0.05) is 19.0 Å². The van der Waals surface area contributed by atoms with Crippen LogP contribution in [0.2, 0.25) is 0 Å². The molecule has 4 rings (SSSR count). The molecule has 3 heterocycles. The van der Waals surface area contributed by atoms with Gasteiger partial charge in [0.05, 0.1) is 37.7 Å². The van der Waals surface area contributed by atoms with Crippen LogP contribution in [0.25, 0.3) is 0 Å². The van der Waals surface area contributed by atoms with Crippen molar-refractivity contribution in [3.8, 4) is 0 Å². The van der Waals surface area contributed by atoms with Crippen LogP contribution in [0.15, 0.2) is 18.2 Å². The van der Waals surface area contributed by atoms with Crippen molar-refractivity contribution >= 4 is 17.8 Å². The maximum Gasteiger partial charge on any atom is 0.433 e. The van der Waals surface area contributed by atoms with E-state index in [1.165, 1.54) is 13.2 Å². The number of esters is 1. The number of hydrogen-bond acceptors (Lipinski definition) is 6. The van der Waals surface area contributed by atoms with E-state index in [4.69, 9.17) is 9.47 Å². The van der Waals surface area contributed by atoms with Crippen LogP contribution in [0.4, 0.5) is 13.2 Å². The summed E-state index contributed by atoms with van der Waals surface area (Å²) in [6.07, 6.45) is -2.11. The van der Waals surface area contributed by atoms with Crippen LogP contribution in [0, 0.1) is 17.3 Å². The van der Waals surface area contributed by atoms with Crippen LogP contribution < -0.4 is 5.32 Å². The second kappa shape index (κ2) is 8.92. The number of halogens is 3. The Morgan fingerprint density at radius 2 is 1.94 bits per heavy atom. The molecule has 2 saturated heterocycles. The van der Waals surface area contributed by atoms with Gasteiger partial charge in [-0.3, -0.25) is 14.4 Å². The molecule has 1 aromatic rings. The quantitative estimate of drug-likeness (QED) is 0.678. The van der Waals surface area contributed by atoms with E-state index in [1.807, 2.05) is 0 Å². The molecule has 1 saturated carbocycles. The van der Waals surface area contributed by atoms with Crippen molar-refractivity contribution in [2.24, 2.45) is 17.3 Å². The number of rotatable bonds is 4. The fourth-order valence-electron chi connectivity index (χ4n) is 5.00. The van der Waals surface area contributed by atoms with Gasteiger partial charge >= 0.3 is 12.1 Å². The predicted octanol–water partition coefficient (Wildman–Crippen LogP) is 2.04. The number of likely N-dealkylation sites (tertiary alicyclic amines) is 1. The molecule has 0 aromatic carbocycles. The van der Waals surface area contributed by atoms with Gasteiger partial charge in [-0.25, -0.2) is 4.98 Å². The Hall–Kier alpha value is -2.69. The molecule has 2 amide bonds. The molecule has 1 aliphatic carbocycles. The van der Waals surface area contributed by atoms with Gasteiger partial charge < -0.3 is 19.7 Å². The number of nitrogens with zero attached hydrogens (tertiary/aromatic N) is 2. The van der Waals surface area contributed by atoms with Crippen molar-refractivity contribution in [3.63, 3.8) is 0 Å². The van der Waals surface area contributed by atoms with Crippen molar-refractivity contribution in [2.45, 2.75) is 37.9 Å². The number of carbonyl (C=O) groups is 3. The Morgan fingerprint density at radius 3 is 2.58 bits per heavy atom. The first kappa shape index (κ1) is 23.5. The van der Waals surface area contributed by atoms with E-state index in [0.29, 0.717) is 39.0 Å². The minimum atomic E-state index is -4.65. The van der Waals surface area contributed by atoms with Crippen LogP contribution in [0.3, 0.4) is 0 Å². The summed E-state index contributed by atoms with van der Waals surface area (Å²) in [4.78, 5) is 43.0. The minimum absolute atomic E-state index is 0.0798. The van der Waals surface area contributed by atoms with E-state index in [1.54, 1.807) is 4.90 Å². The molecular weight excluding hydrogens is 443 g/mol. The Kier molecular flexibility index (Phi) is 6.35. The predicted molar refractivity (Wildman–Crippen MR) is 108 cm³/mol. The molecule has 0 bridgehead atoms. The molecule has 8 nitrogen and oxygen atoms in total. The van der Waals surface area contributed by atoms with E-state index in [9.17, 15) is 27.6 Å². The summed E-state index contributed by atoms with van der Waals surface area (Å²) in [5, 5.41) is 2.77. The van der Waals surface area contributed by atoms with Gasteiger partial charge in [-0.15, -0.1) is 0 Å². The molecule has 0 unspecified atom stereocenters. The number of aromatic nitrogens is 1. The molecule has 0 radical (unpaired) electrons. The van der Waals surface area contributed by atoms with Crippen LogP contribution in [0.5, 0.6) is 0 Å². The fraction of sp³-hybridized carbons (Fsp3) is 0.636. The van der Waals surface area contributed by atoms with Gasteiger partial charge in [0.1, 0.15) is 11.4 Å². The molecule has 3 aliphatic rings. The minimum Gasteiger partial charge on any atom is -0.469 e. The molecule has 1 spiro atoms. The topological polar surface area (TPSA) is 97.8 Å². The zero-order chi connectivity index (χ0) is 23.8. The van der Waals surface area contributed by atoms with E-state index in [-0.39, 0.29) is 36.0 Å². The number of pyridine rings is 1. The van der Waals surface area contributed by atoms with Crippen LogP contribution >= 0.6 is 0 Å². The number of methoxy groups -OCH3 is 1. The molecule has 1 N–H and O–H groups in total. The molecule has 1 aromatic heterocycles. The summed E-state index contributed by atoms with van der Waals surface area (Å²) >= 11 is 0. The highest BCUT2D eigenvalue weighted by Gasteiger charge is 2.54. The molecule has 33 heavy (non-hydrogen) atoms. The van der Waals surface area contributed by atoms with Gasteiger partial charge in [-0.2, -0.15) is 13.2 Å². The molecular formula is C22H26F3N3O5. The zero-order valence-electron chi connectivity index (χ0n) is 18.2. The maximum atomic E-state index is 13.2. The Bertz CT molecular complexity index is 934. The SMILES string of the molecule is COC(=O)[C@H]1CCC[C@@H](C(=O)N2C[C@@H](NC(=O)c3cccc(C(F)(F)F)n3)C3(COC3)C2)C1. The lowest BCUT2D eigenvalue weighted by Gasteiger charge is -2.42. The lowest BCUT2D eigenvalue weighted by Crippen LogP contribution is -2.57. The summed E-state index contributed by atoms with van der Waals surface area (Å²) < 4.78 is 49.1. The molecule has 180 valence electrons. The lowest BCUT2D eigenvalue weighted by atomic mass is 9.80. The van der Waals surface area contributed by atoms with Crippen molar-refractivity contribution in [2.75, 3.05) is 33.4 Å². The third kappa shape index (κ3) is 4.68. The fourth-order valence-corrected chi connectivity index (χ4v) is 5.00. The summed E-state index contributed by atoms with van der Waals surface area (Å²) in [5.41, 5.74) is -1.96. The summed E-state index contributed by atoms with van der Waals surface area (Å²) in [5.74, 6) is -1.72. The number of carbonyl (C=O) groups excluding carboxylic acids is 3. The van der Waals surface area contributed by atoms with Gasteiger partial charge in [-0.05, 0) is 31.4 Å². The molecule has 2 aliphatic heterocycles. The first-order valence-corrected chi connectivity index (χ1v) is 10.9. The maximum absolute atomic E-state index is 13.2. The largest absolute Gasteiger partial charge is 0.469 e. The average molecular weight is 469 g/mol. The number of alkyl halides is 3. The van der Waals surface area contributed by atoms with Gasteiger partial charge in [0.15, 0.2) is 0 Å². The van der Waals surface area contributed by atoms with E-state index >= 15 is 0 Å². The first-order valence-electron chi connectivity index (χ1n) is 10.9. The molecule has 3 atom stereocenters. The third-order valence-corrected chi connectivity index (χ3v) is 6.87. The third-order valence-electron chi connectivity index (χ3n) is 6.87. The van der Waals surface area contributed by atoms with Gasteiger partial charge in [0.25, 0.3) is 5.91 Å². The summed E-state index contributed by atoms with van der Waals surface area (Å²) in [6, 6.07) is 2.69. The second-order valence-electron chi connectivity index (χ2n) is 9.09. The number of hydrogen-bond donors (Lipinski definition) is 1. The average Bonchev–Trinajstić information content (AvgIpc) is 3.17. The summed E-state index contributed by atoms with van der Waals surface area (Å²) in [6.45, 7) is 1.29. The lowest BCUT2D eigenvalue weighted by molar-refractivity contribution is -0.149. The number of ether oxygens (including phenoxy) is 2. The van der Waals surface area contributed by atoms with Crippen LogP contribution in [-0.2, 0) is 25.2 Å². The molecule has 11 heteroatoms. The van der Waals surface area contributed by atoms with Crippen LogP contribution in [-0.4, -0.2) is 67.1 Å². The van der Waals surface area contributed by atoms with Crippen molar-refractivity contribution < 1.29 is 37.0 Å². The smallest absolute Gasteiger partial charge is 0.433 e. The zero-order valence-corrected chi connectivity index (χ0v) is 18.2. The Balaban J connectivity index is 1.44.